The smallest absolute Gasteiger partial charge is 0.290 e. The number of hydrogen-bond acceptors (Lipinski definition) is 6. The molecule has 0 aromatic heterocycles. The van der Waals surface area contributed by atoms with E-state index < -0.39 is 18.2 Å². The maximum absolute atomic E-state index is 12.7. The van der Waals surface area contributed by atoms with Crippen molar-refractivity contribution in [3.05, 3.63) is 70.8 Å². The number of rotatable bonds is 30. The molecule has 2 rings (SSSR count). The summed E-state index contributed by atoms with van der Waals surface area (Å²) in [7, 11) is 0. The second kappa shape index (κ2) is 28.2. The maximum atomic E-state index is 12.7. The van der Waals surface area contributed by atoms with Gasteiger partial charge >= 0.3 is 11.9 Å². The first kappa shape index (κ1) is 41.5. The third-order valence-electron chi connectivity index (χ3n) is 9.02. The highest BCUT2D eigenvalue weighted by Crippen LogP contribution is 2.17. The molecule has 6 heteroatoms. The Kier molecular flexibility index (Phi) is 24.3. The lowest BCUT2D eigenvalue weighted by atomic mass is 10.0. The quantitative estimate of drug-likeness (QED) is 0.0358. The molecule has 0 heterocycles. The summed E-state index contributed by atoms with van der Waals surface area (Å²) in [6, 6.07) is 14.9. The van der Waals surface area contributed by atoms with Gasteiger partial charge in [-0.05, 0) is 67.5 Å². The number of unbranched alkanes of at least 4 members (excludes halogenated alkanes) is 18. The Labute approximate surface area is 292 Å². The van der Waals surface area contributed by atoms with Gasteiger partial charge < -0.3 is 0 Å². The van der Waals surface area contributed by atoms with Gasteiger partial charge in [0.15, 0.2) is 0 Å². The first-order chi connectivity index (χ1) is 23.6. The number of benzene rings is 2. The van der Waals surface area contributed by atoms with E-state index in [0.29, 0.717) is 17.5 Å². The van der Waals surface area contributed by atoms with Crippen LogP contribution in [0, 0.1) is 0 Å². The maximum Gasteiger partial charge on any atom is 0.373 e. The molecule has 0 radical (unpaired) electrons. The number of carbonyl (C=O) groups excluding carboxylic acids is 2. The van der Waals surface area contributed by atoms with Gasteiger partial charge in [-0.1, -0.05) is 161 Å². The van der Waals surface area contributed by atoms with E-state index in [4.69, 9.17) is 19.6 Å². The number of aryl methyl sites for hydroxylation is 2. The molecule has 0 aliphatic rings. The molecule has 0 atom stereocenters. The zero-order chi connectivity index (χ0) is 34.5. The van der Waals surface area contributed by atoms with Crippen LogP contribution in [0.3, 0.4) is 0 Å². The second-order valence-corrected chi connectivity index (χ2v) is 13.4. The van der Waals surface area contributed by atoms with Crippen LogP contribution >= 0.6 is 0 Å². The molecule has 0 saturated heterocycles. The Morgan fingerprint density at radius 1 is 0.438 bits per heavy atom. The van der Waals surface area contributed by atoms with E-state index in [1.165, 1.54) is 114 Å². The van der Waals surface area contributed by atoms with E-state index in [2.05, 4.69) is 20.8 Å². The molecule has 0 fully saturated rings. The molecule has 0 bridgehead atoms. The Bertz CT molecular complexity index is 993. The Morgan fingerprint density at radius 2 is 0.750 bits per heavy atom. The van der Waals surface area contributed by atoms with E-state index in [9.17, 15) is 9.59 Å². The van der Waals surface area contributed by atoms with Crippen molar-refractivity contribution in [1.29, 1.82) is 0 Å². The molecule has 0 aliphatic heterocycles. The Morgan fingerprint density at radius 3 is 1.10 bits per heavy atom. The minimum absolute atomic E-state index is 0.402. The average molecular weight is 667 g/mol. The minimum atomic E-state index is -1.01. The Balaban J connectivity index is 1.79. The third-order valence-corrected chi connectivity index (χ3v) is 9.02. The summed E-state index contributed by atoms with van der Waals surface area (Å²) in [4.78, 5) is 46.6. The first-order valence-corrected chi connectivity index (χ1v) is 19.5. The zero-order valence-corrected chi connectivity index (χ0v) is 30.6. The highest BCUT2D eigenvalue weighted by molar-refractivity contribution is 5.89. The fourth-order valence-electron chi connectivity index (χ4n) is 5.86. The van der Waals surface area contributed by atoms with E-state index in [1.54, 1.807) is 24.3 Å². The molecule has 48 heavy (non-hydrogen) atoms. The fourth-order valence-corrected chi connectivity index (χ4v) is 5.86. The molecule has 0 unspecified atom stereocenters. The van der Waals surface area contributed by atoms with Crippen molar-refractivity contribution < 1.29 is 29.1 Å². The molecule has 0 spiro atoms. The van der Waals surface area contributed by atoms with Crippen LogP contribution in [-0.2, 0) is 32.4 Å². The van der Waals surface area contributed by atoms with E-state index in [1.807, 2.05) is 24.3 Å². The molecule has 6 nitrogen and oxygen atoms in total. The summed E-state index contributed by atoms with van der Waals surface area (Å²) in [6.07, 6.45) is 27.2. The molecule has 2 aromatic rings. The lowest BCUT2D eigenvalue weighted by Crippen LogP contribution is -2.22. The lowest BCUT2D eigenvalue weighted by Gasteiger charge is -2.15. The average Bonchev–Trinajstić information content (AvgIpc) is 3.11. The van der Waals surface area contributed by atoms with Crippen molar-refractivity contribution in [3.63, 3.8) is 0 Å². The predicted octanol–water partition coefficient (Wildman–Crippen LogP) is 12.6. The topological polar surface area (TPSA) is 71.1 Å². The van der Waals surface area contributed by atoms with Crippen LogP contribution in [0.15, 0.2) is 48.5 Å². The summed E-state index contributed by atoms with van der Waals surface area (Å²) < 4.78 is 0. The molecule has 0 N–H and O–H groups in total. The number of carbonyl (C=O) groups is 2. The summed E-state index contributed by atoms with van der Waals surface area (Å²) >= 11 is 0. The van der Waals surface area contributed by atoms with E-state index in [-0.39, 0.29) is 0 Å². The van der Waals surface area contributed by atoms with Gasteiger partial charge in [0, 0.05) is 6.42 Å². The van der Waals surface area contributed by atoms with Crippen LogP contribution in [0.1, 0.15) is 194 Å². The summed E-state index contributed by atoms with van der Waals surface area (Å²) in [5.74, 6) is -1.21. The van der Waals surface area contributed by atoms with Gasteiger partial charge in [0.05, 0.1) is 11.1 Å². The van der Waals surface area contributed by atoms with Gasteiger partial charge in [-0.3, -0.25) is 9.78 Å². The van der Waals surface area contributed by atoms with Gasteiger partial charge in [-0.25, -0.2) is 9.59 Å². The normalized spacial score (nSPS) is 11.2. The van der Waals surface area contributed by atoms with Crippen LogP contribution in [0.5, 0.6) is 0 Å². The highest BCUT2D eigenvalue weighted by atomic mass is 17.3. The summed E-state index contributed by atoms with van der Waals surface area (Å²) in [5, 5.41) is 0. The van der Waals surface area contributed by atoms with Crippen molar-refractivity contribution >= 4 is 11.9 Å². The van der Waals surface area contributed by atoms with Gasteiger partial charge in [0.25, 0.3) is 0 Å². The van der Waals surface area contributed by atoms with Gasteiger partial charge in [0.1, 0.15) is 0 Å². The molecule has 270 valence electrons. The Hall–Kier alpha value is -2.70. The van der Waals surface area contributed by atoms with Gasteiger partial charge in [0.2, 0.25) is 6.29 Å². The van der Waals surface area contributed by atoms with Crippen molar-refractivity contribution in [2.75, 3.05) is 0 Å². The lowest BCUT2D eigenvalue weighted by molar-refractivity contribution is -0.421. The molecule has 0 amide bonds. The van der Waals surface area contributed by atoms with Crippen LogP contribution in [0.25, 0.3) is 0 Å². The highest BCUT2D eigenvalue weighted by Gasteiger charge is 2.20. The summed E-state index contributed by atoms with van der Waals surface area (Å²) in [5.41, 5.74) is 3.20. The van der Waals surface area contributed by atoms with Crippen LogP contribution < -0.4 is 0 Å². The third kappa shape index (κ3) is 20.0. The van der Waals surface area contributed by atoms with Crippen LogP contribution in [0.4, 0.5) is 0 Å². The fraction of sp³-hybridized carbons (Fsp3) is 0.667. The number of hydrogen-bond donors (Lipinski definition) is 0. The standard InChI is InChI=1S/C42H66O6/c1-4-7-10-13-14-15-16-17-18-19-20-21-24-27-40(45-47-41(43)38-32-28-36(29-33-38)25-22-11-8-5-2)46-48-42(44)39-34-30-37(31-35-39)26-23-12-9-6-3/h28-35,40H,4-27H2,1-3H3. The van der Waals surface area contributed by atoms with Crippen molar-refractivity contribution in [2.24, 2.45) is 0 Å². The second-order valence-electron chi connectivity index (χ2n) is 13.4. The van der Waals surface area contributed by atoms with E-state index in [0.717, 1.165) is 44.9 Å². The van der Waals surface area contributed by atoms with Crippen LogP contribution in [-0.4, -0.2) is 18.2 Å². The van der Waals surface area contributed by atoms with Crippen molar-refractivity contribution in [1.82, 2.24) is 0 Å². The zero-order valence-electron chi connectivity index (χ0n) is 30.6. The van der Waals surface area contributed by atoms with Crippen molar-refractivity contribution in [3.8, 4) is 0 Å². The molecular formula is C42H66O6. The van der Waals surface area contributed by atoms with Crippen molar-refractivity contribution in [2.45, 2.75) is 181 Å². The first-order valence-electron chi connectivity index (χ1n) is 19.5. The molecule has 2 aromatic carbocycles. The molecular weight excluding hydrogens is 600 g/mol. The SMILES string of the molecule is CCCCCCCCCCCCCCCC(OOC(=O)c1ccc(CCCCCC)cc1)OOC(=O)c1ccc(CCCCCC)cc1. The van der Waals surface area contributed by atoms with E-state index >= 15 is 0 Å². The largest absolute Gasteiger partial charge is 0.373 e. The molecule has 0 aliphatic carbocycles. The molecule has 0 saturated carbocycles. The summed E-state index contributed by atoms with van der Waals surface area (Å²) in [6.45, 7) is 6.67. The van der Waals surface area contributed by atoms with Crippen LogP contribution in [0.2, 0.25) is 0 Å². The minimum Gasteiger partial charge on any atom is -0.290 e. The monoisotopic (exact) mass is 666 g/mol. The van der Waals surface area contributed by atoms with Gasteiger partial charge in [-0.2, -0.15) is 0 Å². The van der Waals surface area contributed by atoms with Gasteiger partial charge in [-0.15, -0.1) is 9.78 Å². The predicted molar refractivity (Wildman–Crippen MR) is 196 cm³/mol.